The predicted octanol–water partition coefficient (Wildman–Crippen LogP) is 10.5. The number of likely N-dealkylation sites (N-methyl/N-ethyl adjacent to an activating group) is 1. The molecule has 210 valence electrons. The Morgan fingerprint density at radius 1 is 0.756 bits per heavy atom. The van der Waals surface area contributed by atoms with Gasteiger partial charge in [-0.1, -0.05) is 78.9 Å². The molecule has 0 aromatic heterocycles. The Balaban J connectivity index is 1.33. The van der Waals surface area contributed by atoms with Gasteiger partial charge in [0.05, 0.1) is 0 Å². The molecule has 0 bridgehead atoms. The van der Waals surface area contributed by atoms with Crippen molar-refractivity contribution in [3.8, 4) is 0 Å². The first-order chi connectivity index (χ1) is 19.8. The third-order valence-electron chi connectivity index (χ3n) is 9.18. The Morgan fingerprint density at radius 3 is 2.00 bits per heavy atom. The molecule has 0 radical (unpaired) electrons. The van der Waals surface area contributed by atoms with Crippen LogP contribution in [0, 0.1) is 13.8 Å². The maximum Gasteiger partial charge on any atom is 0.0444 e. The van der Waals surface area contributed by atoms with Crippen LogP contribution in [0.25, 0.3) is 21.5 Å². The van der Waals surface area contributed by atoms with Crippen molar-refractivity contribution in [2.75, 3.05) is 23.9 Å². The van der Waals surface area contributed by atoms with Crippen LogP contribution in [-0.2, 0) is 0 Å². The summed E-state index contributed by atoms with van der Waals surface area (Å²) in [5, 5.41) is 5.25. The third-order valence-corrected chi connectivity index (χ3v) is 9.18. The Kier molecular flexibility index (Phi) is 8.49. The highest BCUT2D eigenvalue weighted by atomic mass is 15.1. The Bertz CT molecular complexity index is 1700. The molecule has 0 saturated carbocycles. The summed E-state index contributed by atoms with van der Waals surface area (Å²) >= 11 is 0. The van der Waals surface area contributed by atoms with Gasteiger partial charge < -0.3 is 9.80 Å². The molecule has 4 aromatic carbocycles. The van der Waals surface area contributed by atoms with Gasteiger partial charge >= 0.3 is 0 Å². The van der Waals surface area contributed by atoms with Crippen LogP contribution >= 0.6 is 0 Å². The number of benzene rings is 4. The summed E-state index contributed by atoms with van der Waals surface area (Å²) in [6.07, 6.45) is 12.9. The lowest BCUT2D eigenvalue weighted by molar-refractivity contribution is 0.771. The van der Waals surface area contributed by atoms with Crippen LogP contribution in [0.1, 0.15) is 51.2 Å². The first kappa shape index (κ1) is 28.5. The zero-order valence-corrected chi connectivity index (χ0v) is 25.8. The quantitative estimate of drug-likeness (QED) is 0.230. The second-order valence-corrected chi connectivity index (χ2v) is 11.6. The summed E-state index contributed by atoms with van der Waals surface area (Å²) < 4.78 is 0. The number of hydrogen-bond donors (Lipinski definition) is 0. The predicted molar refractivity (Wildman–Crippen MR) is 181 cm³/mol. The van der Waals surface area contributed by atoms with E-state index in [0.29, 0.717) is 6.04 Å². The van der Waals surface area contributed by atoms with E-state index in [2.05, 4.69) is 156 Å². The van der Waals surface area contributed by atoms with E-state index >= 15 is 0 Å². The highest BCUT2D eigenvalue weighted by Gasteiger charge is 2.15. The second-order valence-electron chi connectivity index (χ2n) is 11.6. The number of rotatable bonds is 7. The smallest absolute Gasteiger partial charge is 0.0444 e. The van der Waals surface area contributed by atoms with Gasteiger partial charge in [-0.2, -0.15) is 0 Å². The largest absolute Gasteiger partial charge is 0.368 e. The molecule has 0 N–H and O–H groups in total. The lowest BCUT2D eigenvalue weighted by atomic mass is 9.87. The van der Waals surface area contributed by atoms with Gasteiger partial charge in [0.2, 0.25) is 0 Å². The van der Waals surface area contributed by atoms with E-state index < -0.39 is 0 Å². The van der Waals surface area contributed by atoms with E-state index in [4.69, 9.17) is 0 Å². The van der Waals surface area contributed by atoms with Crippen molar-refractivity contribution >= 4 is 32.9 Å². The van der Waals surface area contributed by atoms with Crippen LogP contribution in [-0.4, -0.2) is 20.1 Å². The molecule has 0 saturated heterocycles. The van der Waals surface area contributed by atoms with Gasteiger partial charge in [0, 0.05) is 37.2 Å². The summed E-state index contributed by atoms with van der Waals surface area (Å²) in [6, 6.07) is 26.6. The Morgan fingerprint density at radius 2 is 1.34 bits per heavy atom. The van der Waals surface area contributed by atoms with Gasteiger partial charge in [-0.15, -0.1) is 0 Å². The summed E-state index contributed by atoms with van der Waals surface area (Å²) in [4.78, 5) is 4.71. The number of anilines is 2. The number of aryl methyl sites for hydroxylation is 2. The topological polar surface area (TPSA) is 6.48 Å². The SMILES string of the molecule is CC1=C(/C=C/C(C)N(C)c2ccc3ccccc3c2C)CCC/C1=C\C=C(/C)N(C)c1ccc2ccccc2c1C. The first-order valence-electron chi connectivity index (χ1n) is 14.9. The number of allylic oxidation sites excluding steroid dienone is 7. The van der Waals surface area contributed by atoms with Crippen LogP contribution in [0.3, 0.4) is 0 Å². The van der Waals surface area contributed by atoms with E-state index in [1.165, 1.54) is 72.9 Å². The molecule has 0 fully saturated rings. The Labute approximate surface area is 247 Å². The lowest BCUT2D eigenvalue weighted by Crippen LogP contribution is -2.27. The van der Waals surface area contributed by atoms with Crippen LogP contribution in [0.15, 0.2) is 120 Å². The second kappa shape index (κ2) is 12.2. The highest BCUT2D eigenvalue weighted by Crippen LogP contribution is 2.33. The number of fused-ring (bicyclic) bond motifs is 2. The van der Waals surface area contributed by atoms with Gasteiger partial charge in [0.25, 0.3) is 0 Å². The van der Waals surface area contributed by atoms with E-state index in [1.54, 1.807) is 0 Å². The fourth-order valence-electron chi connectivity index (χ4n) is 6.17. The standard InChI is InChI=1S/C39H44N2/c1-27(40(6)38-25-23-34-13-8-10-17-36(34)30(38)4)19-21-32-15-12-16-33(29(32)3)22-20-28(2)41(7)39-26-24-35-14-9-11-18-37(35)31(39)5/h8-11,13-14,17-27H,12,15-16H2,1-7H3/b21-19+,28-20+,33-22+. The van der Waals surface area contributed by atoms with Crippen molar-refractivity contribution in [1.29, 1.82) is 0 Å². The van der Waals surface area contributed by atoms with Gasteiger partial charge in [0.15, 0.2) is 0 Å². The fraction of sp³-hybridized carbons (Fsp3) is 0.282. The monoisotopic (exact) mass is 540 g/mol. The van der Waals surface area contributed by atoms with Crippen molar-refractivity contribution in [3.05, 3.63) is 131 Å². The van der Waals surface area contributed by atoms with Crippen molar-refractivity contribution in [2.24, 2.45) is 0 Å². The van der Waals surface area contributed by atoms with Crippen molar-refractivity contribution in [3.63, 3.8) is 0 Å². The van der Waals surface area contributed by atoms with Crippen molar-refractivity contribution in [1.82, 2.24) is 0 Å². The molecule has 1 aliphatic rings. The minimum Gasteiger partial charge on any atom is -0.368 e. The summed E-state index contributed by atoms with van der Waals surface area (Å²) in [7, 11) is 4.38. The normalized spacial score (nSPS) is 16.3. The maximum absolute atomic E-state index is 2.39. The minimum atomic E-state index is 0.297. The minimum absolute atomic E-state index is 0.297. The summed E-state index contributed by atoms with van der Waals surface area (Å²) in [6.45, 7) is 11.3. The molecular formula is C39H44N2. The Hall–Kier alpha value is -4.04. The van der Waals surface area contributed by atoms with Gasteiger partial charge in [0.1, 0.15) is 0 Å². The zero-order valence-electron chi connectivity index (χ0n) is 25.8. The lowest BCUT2D eigenvalue weighted by Gasteiger charge is -2.27. The van der Waals surface area contributed by atoms with Gasteiger partial charge in [-0.3, -0.25) is 0 Å². The third kappa shape index (κ3) is 5.88. The van der Waals surface area contributed by atoms with Crippen molar-refractivity contribution in [2.45, 2.75) is 59.9 Å². The molecule has 4 aromatic rings. The maximum atomic E-state index is 2.39. The molecule has 1 atom stereocenters. The van der Waals surface area contributed by atoms with E-state index in [-0.39, 0.29) is 0 Å². The molecule has 2 heteroatoms. The van der Waals surface area contributed by atoms with Crippen LogP contribution in [0.2, 0.25) is 0 Å². The van der Waals surface area contributed by atoms with Crippen molar-refractivity contribution < 1.29 is 0 Å². The molecule has 1 unspecified atom stereocenters. The molecular weight excluding hydrogens is 496 g/mol. The number of nitrogens with zero attached hydrogens (tertiary/aromatic N) is 2. The van der Waals surface area contributed by atoms with E-state index in [1.807, 2.05) is 0 Å². The molecule has 0 heterocycles. The number of hydrogen-bond acceptors (Lipinski definition) is 2. The molecule has 2 nitrogen and oxygen atoms in total. The molecule has 0 aliphatic heterocycles. The van der Waals surface area contributed by atoms with Gasteiger partial charge in [-0.25, -0.2) is 0 Å². The molecule has 0 amide bonds. The van der Waals surface area contributed by atoms with E-state index in [9.17, 15) is 0 Å². The van der Waals surface area contributed by atoms with Gasteiger partial charge in [-0.05, 0) is 121 Å². The fourth-order valence-corrected chi connectivity index (χ4v) is 6.17. The molecule has 0 spiro atoms. The van der Waals surface area contributed by atoms with Crippen LogP contribution in [0.5, 0.6) is 0 Å². The zero-order chi connectivity index (χ0) is 29.1. The molecule has 5 rings (SSSR count). The molecule has 1 aliphatic carbocycles. The average molecular weight is 541 g/mol. The highest BCUT2D eigenvalue weighted by molar-refractivity contribution is 5.91. The average Bonchev–Trinajstić information content (AvgIpc) is 2.99. The van der Waals surface area contributed by atoms with E-state index in [0.717, 1.165) is 12.8 Å². The summed E-state index contributed by atoms with van der Waals surface area (Å²) in [5.41, 5.74) is 10.8. The van der Waals surface area contributed by atoms with Crippen LogP contribution < -0.4 is 9.80 Å². The van der Waals surface area contributed by atoms with Crippen LogP contribution in [0.4, 0.5) is 11.4 Å². The summed E-state index contributed by atoms with van der Waals surface area (Å²) in [5.74, 6) is 0. The molecule has 41 heavy (non-hydrogen) atoms. The first-order valence-corrected chi connectivity index (χ1v) is 14.9.